The fourth-order valence-electron chi connectivity index (χ4n) is 4.01. The summed E-state index contributed by atoms with van der Waals surface area (Å²) in [5.41, 5.74) is 1.18. The van der Waals surface area contributed by atoms with Crippen LogP contribution in [0.1, 0.15) is 59.9 Å². The van der Waals surface area contributed by atoms with Gasteiger partial charge in [0.15, 0.2) is 8.32 Å². The first-order chi connectivity index (χ1) is 16.9. The Bertz CT molecular complexity index is 678. The smallest absolute Gasteiger partial charge is 0.191 e. The van der Waals surface area contributed by atoms with Crippen LogP contribution in [-0.2, 0) is 34.7 Å². The molecule has 0 unspecified atom stereocenters. The summed E-state index contributed by atoms with van der Waals surface area (Å²) in [7, 11) is 1.51. The lowest BCUT2D eigenvalue weighted by atomic mass is 9.88. The molecule has 0 N–H and O–H groups in total. The van der Waals surface area contributed by atoms with E-state index in [2.05, 4.69) is 66.8 Å². The Morgan fingerprint density at radius 2 is 1.39 bits per heavy atom. The van der Waals surface area contributed by atoms with E-state index in [0.717, 1.165) is 12.8 Å². The highest BCUT2D eigenvalue weighted by Gasteiger charge is 2.38. The summed E-state index contributed by atoms with van der Waals surface area (Å²) < 4.78 is 35.3. The largest absolute Gasteiger partial charge is 0.416 e. The number of benzene rings is 1. The summed E-state index contributed by atoms with van der Waals surface area (Å²) in [6.45, 7) is 20.6. The van der Waals surface area contributed by atoms with E-state index >= 15 is 0 Å². The zero-order chi connectivity index (χ0) is 27.2. The van der Waals surface area contributed by atoms with Crippen molar-refractivity contribution in [2.24, 2.45) is 17.8 Å². The van der Waals surface area contributed by atoms with Crippen LogP contribution in [0, 0.1) is 17.8 Å². The van der Waals surface area contributed by atoms with E-state index in [1.807, 2.05) is 18.2 Å². The van der Waals surface area contributed by atoms with Crippen LogP contribution in [0.4, 0.5) is 0 Å². The minimum atomic E-state index is -1.82. The SMILES string of the molecule is COCO[C@@H]([C@@H](C)CC[C@H](OCOC)[C@@H](C)COCc1ccccc1)[C@@H](C)CO[Si](C)(C)C(C)(C)C. The van der Waals surface area contributed by atoms with Crippen molar-refractivity contribution in [3.05, 3.63) is 35.9 Å². The molecular weight excluding hydrogens is 472 g/mol. The van der Waals surface area contributed by atoms with Gasteiger partial charge in [-0.25, -0.2) is 0 Å². The molecule has 0 bridgehead atoms. The third-order valence-electron chi connectivity index (χ3n) is 7.45. The summed E-state index contributed by atoms with van der Waals surface area (Å²) in [5, 5.41) is 0.186. The summed E-state index contributed by atoms with van der Waals surface area (Å²) in [6, 6.07) is 10.3. The van der Waals surface area contributed by atoms with E-state index in [1.54, 1.807) is 14.2 Å². The van der Waals surface area contributed by atoms with Crippen LogP contribution in [0.15, 0.2) is 30.3 Å². The maximum atomic E-state index is 6.52. The standard InChI is InChI=1S/C29H54O6Si/c1-23(28(34-22-31-8)25(3)19-35-36(9,10)29(4,5)6)16-17-27(33-21-30-7)24(2)18-32-20-26-14-12-11-13-15-26/h11-15,23-25,27-28H,16-22H2,1-10H3/t23-,24-,25-,27-,28-/m0/s1. The van der Waals surface area contributed by atoms with Gasteiger partial charge < -0.3 is 28.1 Å². The predicted molar refractivity (Wildman–Crippen MR) is 149 cm³/mol. The fourth-order valence-corrected chi connectivity index (χ4v) is 5.12. The predicted octanol–water partition coefficient (Wildman–Crippen LogP) is 6.89. The van der Waals surface area contributed by atoms with E-state index in [0.29, 0.717) is 25.7 Å². The molecule has 0 heterocycles. The monoisotopic (exact) mass is 526 g/mol. The van der Waals surface area contributed by atoms with Gasteiger partial charge in [-0.2, -0.15) is 0 Å². The molecule has 0 saturated carbocycles. The van der Waals surface area contributed by atoms with Crippen LogP contribution in [0.5, 0.6) is 0 Å². The topological polar surface area (TPSA) is 55.4 Å². The molecule has 5 atom stereocenters. The molecule has 0 saturated heterocycles. The number of methoxy groups -OCH3 is 2. The molecule has 0 spiro atoms. The first-order valence-electron chi connectivity index (χ1n) is 13.4. The summed E-state index contributed by atoms with van der Waals surface area (Å²) in [4.78, 5) is 0. The molecule has 0 amide bonds. The number of hydrogen-bond acceptors (Lipinski definition) is 6. The summed E-state index contributed by atoms with van der Waals surface area (Å²) >= 11 is 0. The zero-order valence-electron chi connectivity index (χ0n) is 24.7. The number of hydrogen-bond donors (Lipinski definition) is 0. The molecule has 6 nitrogen and oxygen atoms in total. The molecular formula is C29H54O6Si. The van der Waals surface area contributed by atoms with Gasteiger partial charge in [0.1, 0.15) is 13.6 Å². The van der Waals surface area contributed by atoms with Gasteiger partial charge in [-0.1, -0.05) is 71.9 Å². The minimum Gasteiger partial charge on any atom is -0.416 e. The van der Waals surface area contributed by atoms with Crippen molar-refractivity contribution in [3.8, 4) is 0 Å². The average Bonchev–Trinajstić information content (AvgIpc) is 2.83. The van der Waals surface area contributed by atoms with Gasteiger partial charge in [-0.3, -0.25) is 0 Å². The lowest BCUT2D eigenvalue weighted by molar-refractivity contribution is -0.122. The van der Waals surface area contributed by atoms with Crippen LogP contribution in [-0.4, -0.2) is 61.5 Å². The molecule has 1 aromatic rings. The van der Waals surface area contributed by atoms with Gasteiger partial charge in [-0.15, -0.1) is 0 Å². The van der Waals surface area contributed by atoms with Crippen LogP contribution in [0.25, 0.3) is 0 Å². The van der Waals surface area contributed by atoms with Gasteiger partial charge in [0.2, 0.25) is 0 Å². The van der Waals surface area contributed by atoms with Gasteiger partial charge >= 0.3 is 0 Å². The highest BCUT2D eigenvalue weighted by Crippen LogP contribution is 2.37. The third kappa shape index (κ3) is 12.2. The molecule has 0 fully saturated rings. The third-order valence-corrected chi connectivity index (χ3v) is 11.9. The highest BCUT2D eigenvalue weighted by molar-refractivity contribution is 6.74. The molecule has 0 aliphatic carbocycles. The lowest BCUT2D eigenvalue weighted by Gasteiger charge is -2.38. The van der Waals surface area contributed by atoms with E-state index in [4.69, 9.17) is 28.1 Å². The molecule has 1 rings (SSSR count). The fraction of sp³-hybridized carbons (Fsp3) is 0.793. The van der Waals surface area contributed by atoms with Crippen molar-refractivity contribution >= 4 is 8.32 Å². The van der Waals surface area contributed by atoms with Crippen molar-refractivity contribution in [2.45, 2.75) is 91.3 Å². The number of ether oxygens (including phenoxy) is 5. The Hall–Kier alpha value is -0.803. The summed E-state index contributed by atoms with van der Waals surface area (Å²) in [6.07, 6.45) is 1.96. The maximum Gasteiger partial charge on any atom is 0.191 e. The van der Waals surface area contributed by atoms with Gasteiger partial charge in [-0.05, 0) is 42.5 Å². The van der Waals surface area contributed by atoms with Crippen molar-refractivity contribution in [1.29, 1.82) is 0 Å². The lowest BCUT2D eigenvalue weighted by Crippen LogP contribution is -2.43. The Morgan fingerprint density at radius 1 is 0.778 bits per heavy atom. The van der Waals surface area contributed by atoms with Gasteiger partial charge in [0.25, 0.3) is 0 Å². The second-order valence-electron chi connectivity index (χ2n) is 11.7. The van der Waals surface area contributed by atoms with Crippen LogP contribution >= 0.6 is 0 Å². The maximum absolute atomic E-state index is 6.52. The molecule has 210 valence electrons. The second kappa shape index (κ2) is 16.9. The van der Waals surface area contributed by atoms with Crippen molar-refractivity contribution in [2.75, 3.05) is 41.0 Å². The minimum absolute atomic E-state index is 0.0439. The van der Waals surface area contributed by atoms with Crippen LogP contribution < -0.4 is 0 Å². The molecule has 1 aromatic carbocycles. The Balaban J connectivity index is 2.70. The Morgan fingerprint density at radius 3 is 1.97 bits per heavy atom. The average molecular weight is 527 g/mol. The Kier molecular flexibility index (Phi) is 15.6. The zero-order valence-corrected chi connectivity index (χ0v) is 25.7. The molecule has 0 aromatic heterocycles. The normalized spacial score (nSPS) is 16.9. The van der Waals surface area contributed by atoms with Crippen molar-refractivity contribution in [3.63, 3.8) is 0 Å². The van der Waals surface area contributed by atoms with E-state index in [9.17, 15) is 0 Å². The van der Waals surface area contributed by atoms with Gasteiger partial charge in [0.05, 0.1) is 25.4 Å². The molecule has 7 heteroatoms. The highest BCUT2D eigenvalue weighted by atomic mass is 28.4. The molecule has 36 heavy (non-hydrogen) atoms. The second-order valence-corrected chi connectivity index (χ2v) is 16.5. The molecule has 0 radical (unpaired) electrons. The molecule has 0 aliphatic rings. The van der Waals surface area contributed by atoms with Crippen LogP contribution in [0.3, 0.4) is 0 Å². The molecule has 0 aliphatic heterocycles. The van der Waals surface area contributed by atoms with E-state index in [-0.39, 0.29) is 42.7 Å². The number of rotatable bonds is 19. The van der Waals surface area contributed by atoms with E-state index in [1.165, 1.54) is 5.56 Å². The van der Waals surface area contributed by atoms with Crippen LogP contribution in [0.2, 0.25) is 18.1 Å². The first-order valence-corrected chi connectivity index (χ1v) is 16.3. The van der Waals surface area contributed by atoms with Crippen molar-refractivity contribution < 1.29 is 28.1 Å². The van der Waals surface area contributed by atoms with Gasteiger partial charge in [0, 0.05) is 32.7 Å². The summed E-state index contributed by atoms with van der Waals surface area (Å²) in [5.74, 6) is 0.826. The first kappa shape index (κ1) is 33.2. The van der Waals surface area contributed by atoms with E-state index < -0.39 is 8.32 Å². The Labute approximate surface area is 222 Å². The quantitative estimate of drug-likeness (QED) is 0.144. The van der Waals surface area contributed by atoms with Crippen molar-refractivity contribution in [1.82, 2.24) is 0 Å².